The van der Waals surface area contributed by atoms with E-state index >= 15 is 0 Å². The monoisotopic (exact) mass is 197 g/mol. The van der Waals surface area contributed by atoms with Gasteiger partial charge in [-0.2, -0.15) is 5.10 Å². The molecule has 1 heterocycles. The van der Waals surface area contributed by atoms with Crippen molar-refractivity contribution < 1.29 is 4.74 Å². The van der Waals surface area contributed by atoms with Crippen LogP contribution in [0.5, 0.6) is 0 Å². The van der Waals surface area contributed by atoms with Gasteiger partial charge in [-0.25, -0.2) is 0 Å². The number of rotatable bonds is 7. The Balaban J connectivity index is 2.22. The van der Waals surface area contributed by atoms with Crippen molar-refractivity contribution in [2.75, 3.05) is 19.8 Å². The fraction of sp³-hybridized carbons (Fsp3) is 0.700. The molecule has 0 spiro atoms. The molecule has 4 heteroatoms. The third kappa shape index (κ3) is 3.89. The van der Waals surface area contributed by atoms with Crippen molar-refractivity contribution in [3.05, 3.63) is 18.0 Å². The molecule has 2 N–H and O–H groups in total. The molecule has 0 bridgehead atoms. The fourth-order valence-electron chi connectivity index (χ4n) is 1.23. The van der Waals surface area contributed by atoms with E-state index in [-0.39, 0.29) is 0 Å². The van der Waals surface area contributed by atoms with E-state index in [2.05, 4.69) is 12.0 Å². The Morgan fingerprint density at radius 1 is 1.50 bits per heavy atom. The molecule has 0 fully saturated rings. The molecule has 0 aliphatic carbocycles. The summed E-state index contributed by atoms with van der Waals surface area (Å²) < 4.78 is 7.27. The highest BCUT2D eigenvalue weighted by molar-refractivity contribution is 5.03. The van der Waals surface area contributed by atoms with Crippen molar-refractivity contribution in [1.29, 1.82) is 0 Å². The van der Waals surface area contributed by atoms with Crippen LogP contribution in [0.25, 0.3) is 0 Å². The van der Waals surface area contributed by atoms with Gasteiger partial charge in [-0.1, -0.05) is 6.92 Å². The second-order valence-electron chi connectivity index (χ2n) is 3.26. The lowest BCUT2D eigenvalue weighted by Crippen LogP contribution is -2.07. The van der Waals surface area contributed by atoms with E-state index < -0.39 is 0 Å². The first-order valence-corrected chi connectivity index (χ1v) is 5.16. The molecule has 0 amide bonds. The zero-order chi connectivity index (χ0) is 10.2. The summed E-state index contributed by atoms with van der Waals surface area (Å²) in [6.07, 6.45) is 5.86. The largest absolute Gasteiger partial charge is 0.380 e. The van der Waals surface area contributed by atoms with Crippen molar-refractivity contribution in [2.24, 2.45) is 5.73 Å². The van der Waals surface area contributed by atoms with Crippen LogP contribution in [0.15, 0.2) is 12.4 Å². The molecule has 0 aliphatic heterocycles. The van der Waals surface area contributed by atoms with Crippen LogP contribution in [0.4, 0.5) is 0 Å². The van der Waals surface area contributed by atoms with Gasteiger partial charge in [-0.15, -0.1) is 0 Å². The molecule has 0 saturated heterocycles. The average Bonchev–Trinajstić information content (AvgIpc) is 2.61. The van der Waals surface area contributed by atoms with E-state index in [4.69, 9.17) is 10.5 Å². The molecular formula is C10H19N3O. The summed E-state index contributed by atoms with van der Waals surface area (Å²) in [7, 11) is 0. The number of aromatic nitrogens is 2. The smallest absolute Gasteiger partial charge is 0.0662 e. The normalized spacial score (nSPS) is 10.7. The predicted molar refractivity (Wildman–Crippen MR) is 56.1 cm³/mol. The summed E-state index contributed by atoms with van der Waals surface area (Å²) in [4.78, 5) is 0. The molecule has 0 atom stereocenters. The predicted octanol–water partition coefficient (Wildman–Crippen LogP) is 0.811. The lowest BCUT2D eigenvalue weighted by Gasteiger charge is -2.02. The van der Waals surface area contributed by atoms with Gasteiger partial charge in [-0.3, -0.25) is 4.68 Å². The fourth-order valence-corrected chi connectivity index (χ4v) is 1.23. The maximum absolute atomic E-state index is 5.45. The van der Waals surface area contributed by atoms with E-state index in [1.165, 1.54) is 5.56 Å². The van der Waals surface area contributed by atoms with Crippen molar-refractivity contribution in [2.45, 2.75) is 26.3 Å². The van der Waals surface area contributed by atoms with Gasteiger partial charge >= 0.3 is 0 Å². The number of nitrogens with two attached hydrogens (primary N) is 1. The summed E-state index contributed by atoms with van der Waals surface area (Å²) in [6.45, 7) is 5.17. The summed E-state index contributed by atoms with van der Waals surface area (Å²) >= 11 is 0. The third-order valence-electron chi connectivity index (χ3n) is 1.93. The van der Waals surface area contributed by atoms with Gasteiger partial charge in [0.15, 0.2) is 0 Å². The van der Waals surface area contributed by atoms with E-state index in [1.54, 1.807) is 0 Å². The van der Waals surface area contributed by atoms with Crippen LogP contribution < -0.4 is 5.73 Å². The van der Waals surface area contributed by atoms with Gasteiger partial charge in [0, 0.05) is 12.8 Å². The van der Waals surface area contributed by atoms with Crippen LogP contribution in [0.1, 0.15) is 18.9 Å². The Bertz CT molecular complexity index is 247. The third-order valence-corrected chi connectivity index (χ3v) is 1.93. The lowest BCUT2D eigenvalue weighted by molar-refractivity contribution is 0.124. The van der Waals surface area contributed by atoms with E-state index in [0.29, 0.717) is 6.54 Å². The maximum Gasteiger partial charge on any atom is 0.0662 e. The Hall–Kier alpha value is -0.870. The summed E-state index contributed by atoms with van der Waals surface area (Å²) in [5.74, 6) is 0. The lowest BCUT2D eigenvalue weighted by atomic mass is 10.3. The van der Waals surface area contributed by atoms with Gasteiger partial charge in [0.25, 0.3) is 0 Å². The van der Waals surface area contributed by atoms with Crippen LogP contribution in [0, 0.1) is 0 Å². The van der Waals surface area contributed by atoms with Crippen LogP contribution in [0.2, 0.25) is 0 Å². The van der Waals surface area contributed by atoms with Crippen molar-refractivity contribution >= 4 is 0 Å². The number of ether oxygens (including phenoxy) is 1. The zero-order valence-electron chi connectivity index (χ0n) is 8.78. The molecule has 1 rings (SSSR count). The zero-order valence-corrected chi connectivity index (χ0v) is 8.78. The molecule has 4 nitrogen and oxygen atoms in total. The minimum atomic E-state index is 0.679. The first-order valence-electron chi connectivity index (χ1n) is 5.16. The highest BCUT2D eigenvalue weighted by Crippen LogP contribution is 1.97. The van der Waals surface area contributed by atoms with Crippen LogP contribution in [-0.2, 0) is 17.7 Å². The van der Waals surface area contributed by atoms with Gasteiger partial charge in [0.2, 0.25) is 0 Å². The maximum atomic E-state index is 5.45. The first-order chi connectivity index (χ1) is 6.86. The summed E-state index contributed by atoms with van der Waals surface area (Å²) in [6, 6.07) is 0. The highest BCUT2D eigenvalue weighted by Gasteiger charge is 1.96. The molecule has 1 aromatic rings. The Morgan fingerprint density at radius 3 is 3.07 bits per heavy atom. The quantitative estimate of drug-likeness (QED) is 0.658. The van der Waals surface area contributed by atoms with Crippen molar-refractivity contribution in [3.8, 4) is 0 Å². The van der Waals surface area contributed by atoms with Crippen molar-refractivity contribution in [3.63, 3.8) is 0 Å². The minimum Gasteiger partial charge on any atom is -0.380 e. The molecule has 0 radical (unpaired) electrons. The molecule has 0 aromatic carbocycles. The second kappa shape index (κ2) is 6.56. The second-order valence-corrected chi connectivity index (χ2v) is 3.26. The van der Waals surface area contributed by atoms with Crippen LogP contribution in [0.3, 0.4) is 0 Å². The SMILES string of the molecule is CCCOCCn1cc(CCN)cn1. The van der Waals surface area contributed by atoms with E-state index in [9.17, 15) is 0 Å². The topological polar surface area (TPSA) is 53.1 Å². The molecule has 1 aromatic heterocycles. The van der Waals surface area contributed by atoms with Crippen LogP contribution >= 0.6 is 0 Å². The molecule has 14 heavy (non-hydrogen) atoms. The number of hydrogen-bond donors (Lipinski definition) is 1. The Labute approximate surface area is 85.0 Å². The standard InChI is InChI=1S/C10H19N3O/c1-2-6-14-7-5-13-9-10(3-4-11)8-12-13/h8-9H,2-7,11H2,1H3. The minimum absolute atomic E-state index is 0.679. The Kier molecular flexibility index (Phi) is 5.25. The summed E-state index contributed by atoms with van der Waals surface area (Å²) in [5.41, 5.74) is 6.64. The van der Waals surface area contributed by atoms with Gasteiger partial charge in [0.05, 0.1) is 19.3 Å². The summed E-state index contributed by atoms with van der Waals surface area (Å²) in [5, 5.41) is 4.21. The number of nitrogens with zero attached hydrogens (tertiary/aromatic N) is 2. The molecular weight excluding hydrogens is 178 g/mol. The highest BCUT2D eigenvalue weighted by atomic mass is 16.5. The van der Waals surface area contributed by atoms with Gasteiger partial charge in [-0.05, 0) is 24.9 Å². The average molecular weight is 197 g/mol. The molecule has 0 aliphatic rings. The first kappa shape index (κ1) is 11.2. The number of hydrogen-bond acceptors (Lipinski definition) is 3. The Morgan fingerprint density at radius 2 is 2.36 bits per heavy atom. The van der Waals surface area contributed by atoms with Crippen LogP contribution in [-0.4, -0.2) is 29.5 Å². The van der Waals surface area contributed by atoms with Gasteiger partial charge < -0.3 is 10.5 Å². The van der Waals surface area contributed by atoms with Gasteiger partial charge in [0.1, 0.15) is 0 Å². The van der Waals surface area contributed by atoms with Crippen molar-refractivity contribution in [1.82, 2.24) is 9.78 Å². The molecule has 0 unspecified atom stereocenters. The molecule has 0 saturated carbocycles. The van der Waals surface area contributed by atoms with E-state index in [0.717, 1.165) is 32.6 Å². The van der Waals surface area contributed by atoms with E-state index in [1.807, 2.05) is 17.1 Å². The molecule has 80 valence electrons.